The SMILES string of the molecule is COc1cc(C(=O)NCC23CC4CC(C2)CC(CNC(=O)c2cc(OC)c(OC)c(OC)c2)(C4)C3)cc(OC)c1OC. The molecule has 0 unspecified atom stereocenters. The molecule has 2 aromatic rings. The summed E-state index contributed by atoms with van der Waals surface area (Å²) in [5, 5.41) is 6.44. The summed E-state index contributed by atoms with van der Waals surface area (Å²) >= 11 is 0. The third kappa shape index (κ3) is 5.51. The summed E-state index contributed by atoms with van der Waals surface area (Å²) < 4.78 is 32.5. The van der Waals surface area contributed by atoms with Gasteiger partial charge in [-0.1, -0.05) is 0 Å². The number of hydrogen-bond donors (Lipinski definition) is 2. The highest BCUT2D eigenvalue weighted by Gasteiger charge is 2.57. The fraction of sp³-hybridized carbons (Fsp3) is 0.562. The molecule has 4 fully saturated rings. The Balaban J connectivity index is 1.29. The lowest BCUT2D eigenvalue weighted by Gasteiger charge is -2.62. The topological polar surface area (TPSA) is 114 Å². The van der Waals surface area contributed by atoms with Gasteiger partial charge in [0.2, 0.25) is 11.5 Å². The fourth-order valence-electron chi connectivity index (χ4n) is 8.23. The normalized spacial score (nSPS) is 25.4. The van der Waals surface area contributed by atoms with Crippen LogP contribution in [0.2, 0.25) is 0 Å². The van der Waals surface area contributed by atoms with E-state index in [4.69, 9.17) is 28.4 Å². The molecule has 2 aromatic carbocycles. The first-order chi connectivity index (χ1) is 20.2. The molecule has 2 N–H and O–H groups in total. The van der Waals surface area contributed by atoms with Gasteiger partial charge in [0, 0.05) is 24.2 Å². The van der Waals surface area contributed by atoms with Crippen LogP contribution in [0.5, 0.6) is 34.5 Å². The Morgan fingerprint density at radius 1 is 0.619 bits per heavy atom. The van der Waals surface area contributed by atoms with Crippen molar-refractivity contribution in [3.05, 3.63) is 35.4 Å². The maximum atomic E-state index is 13.3. The van der Waals surface area contributed by atoms with E-state index >= 15 is 0 Å². The summed E-state index contributed by atoms with van der Waals surface area (Å²) in [5.74, 6) is 3.53. The molecule has 10 heteroatoms. The van der Waals surface area contributed by atoms with E-state index in [2.05, 4.69) is 10.6 Å². The second kappa shape index (κ2) is 11.8. The zero-order chi connectivity index (χ0) is 30.1. The largest absolute Gasteiger partial charge is 0.493 e. The summed E-state index contributed by atoms with van der Waals surface area (Å²) in [6, 6.07) is 6.71. The Labute approximate surface area is 247 Å². The highest BCUT2D eigenvalue weighted by molar-refractivity contribution is 5.96. The molecule has 4 aliphatic rings. The number of nitrogens with one attached hydrogen (secondary N) is 2. The van der Waals surface area contributed by atoms with Crippen molar-refractivity contribution in [2.75, 3.05) is 55.7 Å². The summed E-state index contributed by atoms with van der Waals surface area (Å²) in [6.45, 7) is 1.19. The minimum absolute atomic E-state index is 0.0116. The van der Waals surface area contributed by atoms with Crippen molar-refractivity contribution < 1.29 is 38.0 Å². The van der Waals surface area contributed by atoms with Crippen LogP contribution in [0.4, 0.5) is 0 Å². The van der Waals surface area contributed by atoms with Crippen LogP contribution in [-0.2, 0) is 0 Å². The number of ether oxygens (including phenoxy) is 6. The molecule has 42 heavy (non-hydrogen) atoms. The lowest BCUT2D eigenvalue weighted by atomic mass is 9.44. The molecule has 0 radical (unpaired) electrons. The number of methoxy groups -OCH3 is 6. The van der Waals surface area contributed by atoms with Crippen molar-refractivity contribution in [2.45, 2.75) is 38.5 Å². The first-order valence-electron chi connectivity index (χ1n) is 14.4. The van der Waals surface area contributed by atoms with Crippen molar-refractivity contribution in [2.24, 2.45) is 22.7 Å². The summed E-state index contributed by atoms with van der Waals surface area (Å²) in [4.78, 5) is 26.7. The molecule has 4 aliphatic carbocycles. The van der Waals surface area contributed by atoms with E-state index in [0.717, 1.165) is 32.1 Å². The highest BCUT2D eigenvalue weighted by atomic mass is 16.5. The van der Waals surface area contributed by atoms with Crippen LogP contribution in [0.1, 0.15) is 59.2 Å². The molecule has 2 amide bonds. The number of amides is 2. The standard InChI is InChI=1S/C32H42N2O8/c1-37-23-8-21(9-24(38-2)27(23)41-5)29(35)33-17-31-12-19-7-20(13-31)15-32(14-19,16-31)18-34-30(36)22-10-25(39-3)28(42-6)26(11-22)40-4/h8-11,19-20H,7,12-18H2,1-6H3,(H,33,35)(H,34,36). The van der Waals surface area contributed by atoms with Crippen LogP contribution >= 0.6 is 0 Å². The van der Waals surface area contributed by atoms with Crippen molar-refractivity contribution in [1.29, 1.82) is 0 Å². The van der Waals surface area contributed by atoms with Crippen molar-refractivity contribution in [3.8, 4) is 34.5 Å². The van der Waals surface area contributed by atoms with Gasteiger partial charge in [0.1, 0.15) is 0 Å². The smallest absolute Gasteiger partial charge is 0.251 e. The molecule has 4 saturated carbocycles. The van der Waals surface area contributed by atoms with Gasteiger partial charge in [-0.25, -0.2) is 0 Å². The highest BCUT2D eigenvalue weighted by Crippen LogP contribution is 2.65. The van der Waals surface area contributed by atoms with Gasteiger partial charge < -0.3 is 39.1 Å². The maximum absolute atomic E-state index is 13.3. The van der Waals surface area contributed by atoms with Gasteiger partial charge in [0.25, 0.3) is 11.8 Å². The third-order valence-electron chi connectivity index (χ3n) is 9.41. The molecular weight excluding hydrogens is 540 g/mol. The van der Waals surface area contributed by atoms with Gasteiger partial charge >= 0.3 is 0 Å². The third-order valence-corrected chi connectivity index (χ3v) is 9.41. The number of carbonyl (C=O) groups is 2. The summed E-state index contributed by atoms with van der Waals surface area (Å²) in [6.07, 6.45) is 6.59. The minimum atomic E-state index is -0.172. The summed E-state index contributed by atoms with van der Waals surface area (Å²) in [5.41, 5.74) is 0.943. The number of rotatable bonds is 12. The zero-order valence-corrected chi connectivity index (χ0v) is 25.4. The van der Waals surface area contributed by atoms with E-state index in [1.54, 1.807) is 24.3 Å². The molecule has 0 saturated heterocycles. The predicted octanol–water partition coefficient (Wildman–Crippen LogP) is 4.48. The average molecular weight is 583 g/mol. The van der Waals surface area contributed by atoms with Gasteiger partial charge in [0.15, 0.2) is 23.0 Å². The van der Waals surface area contributed by atoms with E-state index < -0.39 is 0 Å². The number of benzene rings is 2. The Bertz CT molecular complexity index is 1180. The zero-order valence-electron chi connectivity index (χ0n) is 25.4. The summed E-state index contributed by atoms with van der Waals surface area (Å²) in [7, 11) is 9.22. The number of hydrogen-bond acceptors (Lipinski definition) is 8. The van der Waals surface area contributed by atoms with Crippen molar-refractivity contribution in [1.82, 2.24) is 10.6 Å². The van der Waals surface area contributed by atoms with E-state index in [9.17, 15) is 9.59 Å². The van der Waals surface area contributed by atoms with E-state index in [0.29, 0.717) is 70.5 Å². The van der Waals surface area contributed by atoms with Crippen LogP contribution in [0.25, 0.3) is 0 Å². The van der Waals surface area contributed by atoms with Gasteiger partial charge in [-0.2, -0.15) is 0 Å². The quantitative estimate of drug-likeness (QED) is 0.377. The first-order valence-corrected chi connectivity index (χ1v) is 14.4. The average Bonchev–Trinajstić information content (AvgIpc) is 3.00. The Kier molecular flexibility index (Phi) is 8.35. The Hall–Kier alpha value is -3.82. The van der Waals surface area contributed by atoms with E-state index in [1.807, 2.05) is 0 Å². The van der Waals surface area contributed by atoms with Crippen LogP contribution in [0.3, 0.4) is 0 Å². The molecular formula is C32H42N2O8. The molecule has 0 heterocycles. The van der Waals surface area contributed by atoms with Crippen LogP contribution < -0.4 is 39.1 Å². The lowest BCUT2D eigenvalue weighted by Crippen LogP contribution is -2.58. The first kappa shape index (κ1) is 29.7. The van der Waals surface area contributed by atoms with Gasteiger partial charge in [-0.05, 0) is 85.5 Å². The molecule has 6 rings (SSSR count). The van der Waals surface area contributed by atoms with Crippen molar-refractivity contribution in [3.63, 3.8) is 0 Å². The second-order valence-electron chi connectivity index (χ2n) is 12.2. The lowest BCUT2D eigenvalue weighted by molar-refractivity contribution is -0.105. The minimum Gasteiger partial charge on any atom is -0.493 e. The molecule has 228 valence electrons. The fourth-order valence-corrected chi connectivity index (χ4v) is 8.23. The monoisotopic (exact) mass is 582 g/mol. The van der Waals surface area contributed by atoms with Gasteiger partial charge in [-0.3, -0.25) is 9.59 Å². The Morgan fingerprint density at radius 3 is 1.24 bits per heavy atom. The van der Waals surface area contributed by atoms with Crippen molar-refractivity contribution >= 4 is 11.8 Å². The van der Waals surface area contributed by atoms with Crippen LogP contribution in [-0.4, -0.2) is 67.6 Å². The molecule has 0 spiro atoms. The van der Waals surface area contributed by atoms with E-state index in [1.165, 1.54) is 49.1 Å². The molecule has 0 aromatic heterocycles. The van der Waals surface area contributed by atoms with Gasteiger partial charge in [-0.15, -0.1) is 0 Å². The van der Waals surface area contributed by atoms with E-state index in [-0.39, 0.29) is 22.6 Å². The number of carbonyl (C=O) groups excluding carboxylic acids is 2. The molecule has 10 nitrogen and oxygen atoms in total. The molecule has 0 atom stereocenters. The van der Waals surface area contributed by atoms with Gasteiger partial charge in [0.05, 0.1) is 42.7 Å². The van der Waals surface area contributed by atoms with Crippen LogP contribution in [0.15, 0.2) is 24.3 Å². The van der Waals surface area contributed by atoms with Crippen LogP contribution in [0, 0.1) is 22.7 Å². The molecule has 0 aliphatic heterocycles. The maximum Gasteiger partial charge on any atom is 0.251 e. The Morgan fingerprint density at radius 2 is 0.952 bits per heavy atom. The predicted molar refractivity (Wildman–Crippen MR) is 156 cm³/mol. The second-order valence-corrected chi connectivity index (χ2v) is 12.2. The molecule has 4 bridgehead atoms.